The lowest BCUT2D eigenvalue weighted by atomic mass is 10.0. The van der Waals surface area contributed by atoms with Gasteiger partial charge in [-0.05, 0) is 33.6 Å². The van der Waals surface area contributed by atoms with Gasteiger partial charge in [-0.25, -0.2) is 9.59 Å². The molecule has 0 aliphatic rings. The number of quaternary nitrogens is 1. The molecule has 0 fully saturated rings. The van der Waals surface area contributed by atoms with Gasteiger partial charge in [-0.2, -0.15) is 0 Å². The molecule has 0 rings (SSSR count). The van der Waals surface area contributed by atoms with Crippen LogP contribution >= 0.6 is 0 Å². The fraction of sp³-hybridized carbons (Fsp3) is 0.833. The first kappa shape index (κ1) is 35.1. The first-order chi connectivity index (χ1) is 17.6. The number of hydrogen-bond donors (Lipinski definition) is 2. The van der Waals surface area contributed by atoms with Gasteiger partial charge in [-0.1, -0.05) is 109 Å². The summed E-state index contributed by atoms with van der Waals surface area (Å²) in [5, 5.41) is 30.9. The molecule has 0 radical (unpaired) electrons. The van der Waals surface area contributed by atoms with E-state index in [0.29, 0.717) is 6.42 Å². The third-order valence-corrected chi connectivity index (χ3v) is 8.04. The fourth-order valence-corrected chi connectivity index (χ4v) is 5.36. The van der Waals surface area contributed by atoms with E-state index in [1.807, 2.05) is 12.2 Å². The maximum Gasteiger partial charge on any atom is 0.362 e. The van der Waals surface area contributed by atoms with E-state index in [1.165, 1.54) is 111 Å². The minimum atomic E-state index is -1.44. The van der Waals surface area contributed by atoms with Crippen LogP contribution in [0, 0.1) is 0 Å². The normalized spacial score (nSPS) is 15.8. The summed E-state index contributed by atoms with van der Waals surface area (Å²) in [5.41, 5.74) is 0. The third kappa shape index (κ3) is 14.0. The number of carboxylic acid groups (broad SMARTS) is 3. The Morgan fingerprint density at radius 1 is 0.622 bits per heavy atom. The molecule has 0 bridgehead atoms. The lowest BCUT2D eigenvalue weighted by Gasteiger charge is -2.49. The number of nitrogens with zero attached hydrogens (tertiary/aromatic N) is 1. The summed E-state index contributed by atoms with van der Waals surface area (Å²) < 4.78 is -0.587. The summed E-state index contributed by atoms with van der Waals surface area (Å²) >= 11 is 0. The average molecular weight is 526 g/mol. The molecule has 0 heterocycles. The van der Waals surface area contributed by atoms with Crippen molar-refractivity contribution in [2.45, 2.75) is 155 Å². The summed E-state index contributed by atoms with van der Waals surface area (Å²) in [6.07, 6.45) is 25.1. The minimum Gasteiger partial charge on any atom is -0.544 e. The Morgan fingerprint density at radius 3 is 1.32 bits per heavy atom. The van der Waals surface area contributed by atoms with Crippen LogP contribution in [-0.4, -0.2) is 57.3 Å². The van der Waals surface area contributed by atoms with Gasteiger partial charge in [0.05, 0.1) is 12.5 Å². The number of carboxylic acids is 3. The quantitative estimate of drug-likeness (QED) is 0.0846. The van der Waals surface area contributed by atoms with Crippen LogP contribution in [0.15, 0.2) is 12.2 Å². The number of allylic oxidation sites excluding steroid dienone is 1. The Labute approximate surface area is 225 Å². The van der Waals surface area contributed by atoms with E-state index < -0.39 is 40.5 Å². The molecule has 2 N–H and O–H groups in total. The highest BCUT2D eigenvalue weighted by Crippen LogP contribution is 2.26. The summed E-state index contributed by atoms with van der Waals surface area (Å²) in [7, 11) is 0. The third-order valence-electron chi connectivity index (χ3n) is 8.04. The molecule has 3 atom stereocenters. The molecule has 0 aliphatic carbocycles. The molecule has 7 nitrogen and oxygen atoms in total. The zero-order chi connectivity index (χ0) is 28.1. The maximum atomic E-state index is 11.8. The highest BCUT2D eigenvalue weighted by molar-refractivity contribution is 5.76. The maximum absolute atomic E-state index is 11.8. The second-order valence-electron chi connectivity index (χ2n) is 10.7. The zero-order valence-corrected chi connectivity index (χ0v) is 24.1. The monoisotopic (exact) mass is 525 g/mol. The molecule has 0 saturated heterocycles. The van der Waals surface area contributed by atoms with Gasteiger partial charge in [-0.15, -0.1) is 0 Å². The van der Waals surface area contributed by atoms with Crippen LogP contribution < -0.4 is 5.11 Å². The predicted octanol–water partition coefficient (Wildman–Crippen LogP) is 6.10. The molecule has 0 aliphatic heterocycles. The molecule has 0 aromatic rings. The van der Waals surface area contributed by atoms with Crippen LogP contribution in [0.5, 0.6) is 0 Å². The van der Waals surface area contributed by atoms with Crippen molar-refractivity contribution in [1.29, 1.82) is 0 Å². The number of carbonyl (C=O) groups is 3. The van der Waals surface area contributed by atoms with Crippen molar-refractivity contribution in [3.05, 3.63) is 12.2 Å². The lowest BCUT2D eigenvalue weighted by molar-refractivity contribution is -0.969. The van der Waals surface area contributed by atoms with Crippen LogP contribution in [0.2, 0.25) is 0 Å². The minimum absolute atomic E-state index is 0.103. The van der Waals surface area contributed by atoms with Crippen LogP contribution in [0.4, 0.5) is 0 Å². The van der Waals surface area contributed by atoms with Crippen molar-refractivity contribution in [2.75, 3.05) is 6.54 Å². The van der Waals surface area contributed by atoms with Crippen LogP contribution in [0.1, 0.15) is 137 Å². The number of carbonyl (C=O) groups excluding carboxylic acids is 1. The Balaban J connectivity index is 4.21. The van der Waals surface area contributed by atoms with Gasteiger partial charge in [0.25, 0.3) is 0 Å². The fourth-order valence-electron chi connectivity index (χ4n) is 5.36. The van der Waals surface area contributed by atoms with E-state index in [0.717, 1.165) is 12.8 Å². The Morgan fingerprint density at radius 2 is 0.973 bits per heavy atom. The molecule has 37 heavy (non-hydrogen) atoms. The second-order valence-corrected chi connectivity index (χ2v) is 10.7. The van der Waals surface area contributed by atoms with Crippen molar-refractivity contribution >= 4 is 17.9 Å². The molecule has 0 amide bonds. The smallest absolute Gasteiger partial charge is 0.362 e. The summed E-state index contributed by atoms with van der Waals surface area (Å²) in [4.78, 5) is 35.2. The van der Waals surface area contributed by atoms with E-state index in [4.69, 9.17) is 0 Å². The van der Waals surface area contributed by atoms with Gasteiger partial charge in [0.1, 0.15) is 6.04 Å². The number of rotatable bonds is 25. The SMILES string of the molecule is CCCCCCCCCCCCCCCCC/C=C/CC[N+](C(C)C(=O)[O-])(C(C)C(=O)O)C(C)C(=O)O. The zero-order valence-electron chi connectivity index (χ0n) is 24.1. The molecular formula is C30H55NO6. The molecule has 0 spiro atoms. The van der Waals surface area contributed by atoms with Gasteiger partial charge in [0.2, 0.25) is 0 Å². The second kappa shape index (κ2) is 21.1. The largest absolute Gasteiger partial charge is 0.544 e. The van der Waals surface area contributed by atoms with E-state index in [2.05, 4.69) is 6.92 Å². The Bertz CT molecular complexity index is 612. The number of hydrogen-bond acceptors (Lipinski definition) is 4. The van der Waals surface area contributed by atoms with Gasteiger partial charge in [0.15, 0.2) is 12.1 Å². The highest BCUT2D eigenvalue weighted by atomic mass is 16.4. The Hall–Kier alpha value is -1.89. The standard InChI is InChI=1S/C30H55NO6/c1-5-6-7-8-9-10-11-12-13-14-15-16-17-18-19-20-21-22-23-24-31(25(2)28(32)33,26(3)29(34)35)27(4)30(36)37/h21-22,25-27H,5-20,23-24H2,1-4H3,(H2-,32,33,34,35,36,37)/b22-21+. The van der Waals surface area contributed by atoms with E-state index in [1.54, 1.807) is 0 Å². The van der Waals surface area contributed by atoms with Crippen molar-refractivity contribution < 1.29 is 34.2 Å². The molecule has 0 aromatic carbocycles. The first-order valence-electron chi connectivity index (χ1n) is 14.8. The van der Waals surface area contributed by atoms with Crippen molar-refractivity contribution in [3.63, 3.8) is 0 Å². The van der Waals surface area contributed by atoms with Crippen molar-refractivity contribution in [1.82, 2.24) is 0 Å². The van der Waals surface area contributed by atoms with Gasteiger partial charge in [0, 0.05) is 6.42 Å². The van der Waals surface area contributed by atoms with E-state index >= 15 is 0 Å². The molecule has 216 valence electrons. The summed E-state index contributed by atoms with van der Waals surface area (Å²) in [5.74, 6) is -3.88. The first-order valence-corrected chi connectivity index (χ1v) is 14.8. The number of aliphatic carboxylic acids is 3. The average Bonchev–Trinajstić information content (AvgIpc) is 2.86. The summed E-state index contributed by atoms with van der Waals surface area (Å²) in [6, 6.07) is -3.65. The lowest BCUT2D eigenvalue weighted by Crippen LogP contribution is -2.71. The van der Waals surface area contributed by atoms with Gasteiger partial charge in [-0.3, -0.25) is 4.48 Å². The predicted molar refractivity (Wildman–Crippen MR) is 147 cm³/mol. The molecule has 3 unspecified atom stereocenters. The van der Waals surface area contributed by atoms with Gasteiger partial charge >= 0.3 is 11.9 Å². The van der Waals surface area contributed by atoms with Crippen LogP contribution in [0.3, 0.4) is 0 Å². The van der Waals surface area contributed by atoms with E-state index in [9.17, 15) is 29.7 Å². The summed E-state index contributed by atoms with van der Waals surface area (Å²) in [6.45, 7) is 6.45. The van der Waals surface area contributed by atoms with Gasteiger partial charge < -0.3 is 20.1 Å². The molecule has 0 aromatic heterocycles. The molecule has 7 heteroatoms. The van der Waals surface area contributed by atoms with Crippen LogP contribution in [-0.2, 0) is 14.4 Å². The van der Waals surface area contributed by atoms with E-state index in [-0.39, 0.29) is 6.54 Å². The van der Waals surface area contributed by atoms with Crippen molar-refractivity contribution in [3.8, 4) is 0 Å². The Kier molecular flexibility index (Phi) is 20.0. The molecule has 0 saturated carbocycles. The molecular weight excluding hydrogens is 470 g/mol. The number of unbranched alkanes of at least 4 members (excludes halogenated alkanes) is 15. The van der Waals surface area contributed by atoms with Crippen LogP contribution in [0.25, 0.3) is 0 Å². The van der Waals surface area contributed by atoms with Crippen molar-refractivity contribution in [2.24, 2.45) is 0 Å². The highest BCUT2D eigenvalue weighted by Gasteiger charge is 2.50. The topological polar surface area (TPSA) is 115 Å².